The van der Waals surface area contributed by atoms with Gasteiger partial charge >= 0.3 is 5.82 Å². The minimum Gasteiger partial charge on any atom is -0.229 e. The van der Waals surface area contributed by atoms with Gasteiger partial charge in [-0.25, -0.2) is 4.57 Å². The minimum absolute atomic E-state index is 0.990. The molecule has 2 nitrogen and oxygen atoms in total. The normalized spacial score (nSPS) is 12.1. The lowest BCUT2D eigenvalue weighted by Crippen LogP contribution is -2.37. The molecular weight excluding hydrogens is 268 g/mol. The van der Waals surface area contributed by atoms with Gasteiger partial charge in [0, 0.05) is 6.42 Å². The van der Waals surface area contributed by atoms with Crippen molar-refractivity contribution in [3.8, 4) is 22.5 Å². The van der Waals surface area contributed by atoms with Gasteiger partial charge in [-0.2, -0.15) is 0 Å². The van der Waals surface area contributed by atoms with Crippen molar-refractivity contribution >= 4 is 0 Å². The van der Waals surface area contributed by atoms with Crippen LogP contribution in [-0.2, 0) is 13.5 Å². The fourth-order valence-corrected chi connectivity index (χ4v) is 3.53. The molecule has 0 saturated carbocycles. The van der Waals surface area contributed by atoms with Crippen LogP contribution in [0.2, 0.25) is 0 Å². The molecule has 0 fully saturated rings. The Hall–Kier alpha value is -2.48. The largest absolute Gasteiger partial charge is 0.330 e. The zero-order valence-corrected chi connectivity index (χ0v) is 13.2. The Morgan fingerprint density at radius 1 is 0.909 bits per heavy atom. The predicted molar refractivity (Wildman–Crippen MR) is 88.6 cm³/mol. The Morgan fingerprint density at radius 3 is 2.50 bits per heavy atom. The average molecular weight is 287 g/mol. The summed E-state index contributed by atoms with van der Waals surface area (Å²) in [6.45, 7) is 4.33. The van der Waals surface area contributed by atoms with E-state index in [2.05, 4.69) is 74.1 Å². The zero-order valence-electron chi connectivity index (χ0n) is 13.2. The molecule has 1 aliphatic rings. The number of rotatable bonds is 1. The number of hydrogen-bond acceptors (Lipinski definition) is 1. The standard InChI is InChI=1S/C20H19N2/c1-13-7-4-5-10-16(13)20-21-12-17-18(22(20)3)11-15-9-6-8-14(2)19(15)17/h4-10,12H,11H2,1-3H3/q+1. The van der Waals surface area contributed by atoms with Crippen LogP contribution in [0, 0.1) is 13.8 Å². The van der Waals surface area contributed by atoms with Crippen molar-refractivity contribution in [3.63, 3.8) is 0 Å². The van der Waals surface area contributed by atoms with E-state index >= 15 is 0 Å². The van der Waals surface area contributed by atoms with Gasteiger partial charge in [-0.05, 0) is 47.2 Å². The first-order valence-corrected chi connectivity index (χ1v) is 7.69. The lowest BCUT2D eigenvalue weighted by Gasteiger charge is -2.07. The highest BCUT2D eigenvalue weighted by Gasteiger charge is 2.29. The van der Waals surface area contributed by atoms with E-state index < -0.39 is 0 Å². The third kappa shape index (κ3) is 1.80. The molecule has 0 bridgehead atoms. The molecule has 1 aliphatic carbocycles. The molecule has 0 unspecified atom stereocenters. The Kier molecular flexibility index (Phi) is 2.86. The fourth-order valence-electron chi connectivity index (χ4n) is 3.53. The molecule has 1 aromatic heterocycles. The molecule has 0 N–H and O–H groups in total. The van der Waals surface area contributed by atoms with E-state index in [0.717, 1.165) is 12.2 Å². The molecule has 4 rings (SSSR count). The maximum absolute atomic E-state index is 4.78. The predicted octanol–water partition coefficient (Wildman–Crippen LogP) is 3.76. The van der Waals surface area contributed by atoms with Crippen molar-refractivity contribution in [1.29, 1.82) is 0 Å². The van der Waals surface area contributed by atoms with Gasteiger partial charge in [-0.3, -0.25) is 0 Å². The SMILES string of the molecule is Cc1ccccc1-c1ncc2c([n+]1C)Cc1cccc(C)c1-2. The van der Waals surface area contributed by atoms with Gasteiger partial charge in [-0.15, -0.1) is 0 Å². The molecule has 108 valence electrons. The molecule has 22 heavy (non-hydrogen) atoms. The quantitative estimate of drug-likeness (QED) is 0.487. The average Bonchev–Trinajstić information content (AvgIpc) is 2.90. The van der Waals surface area contributed by atoms with Crippen LogP contribution < -0.4 is 4.57 Å². The molecule has 0 amide bonds. The van der Waals surface area contributed by atoms with E-state index in [1.165, 1.54) is 39.1 Å². The van der Waals surface area contributed by atoms with Crippen LogP contribution in [0.25, 0.3) is 22.5 Å². The van der Waals surface area contributed by atoms with Crippen LogP contribution in [0.4, 0.5) is 0 Å². The van der Waals surface area contributed by atoms with Gasteiger partial charge in [0.2, 0.25) is 0 Å². The van der Waals surface area contributed by atoms with Crippen LogP contribution in [0.5, 0.6) is 0 Å². The van der Waals surface area contributed by atoms with Gasteiger partial charge < -0.3 is 0 Å². The molecule has 0 aliphatic heterocycles. The van der Waals surface area contributed by atoms with E-state index in [9.17, 15) is 0 Å². The van der Waals surface area contributed by atoms with Crippen LogP contribution in [0.1, 0.15) is 22.4 Å². The molecule has 2 aromatic carbocycles. The molecule has 0 saturated heterocycles. The van der Waals surface area contributed by atoms with Crippen molar-refractivity contribution in [2.75, 3.05) is 0 Å². The van der Waals surface area contributed by atoms with Crippen molar-refractivity contribution in [2.24, 2.45) is 7.05 Å². The van der Waals surface area contributed by atoms with Crippen LogP contribution in [-0.4, -0.2) is 4.98 Å². The van der Waals surface area contributed by atoms with E-state index in [4.69, 9.17) is 4.98 Å². The van der Waals surface area contributed by atoms with E-state index in [1.54, 1.807) is 0 Å². The van der Waals surface area contributed by atoms with Crippen molar-refractivity contribution in [1.82, 2.24) is 4.98 Å². The summed E-state index contributed by atoms with van der Waals surface area (Å²) in [4.78, 5) is 4.78. The van der Waals surface area contributed by atoms with E-state index in [0.29, 0.717) is 0 Å². The molecule has 3 aromatic rings. The summed E-state index contributed by atoms with van der Waals surface area (Å²) in [5.41, 5.74) is 9.23. The molecular formula is C20H19N2+. The Labute approximate surface area is 131 Å². The Morgan fingerprint density at radius 2 is 1.68 bits per heavy atom. The Balaban J connectivity index is 1.94. The first-order valence-electron chi connectivity index (χ1n) is 7.69. The molecule has 2 heteroatoms. The van der Waals surface area contributed by atoms with Crippen LogP contribution >= 0.6 is 0 Å². The van der Waals surface area contributed by atoms with Gasteiger partial charge in [0.25, 0.3) is 0 Å². The number of hydrogen-bond donors (Lipinski definition) is 0. The van der Waals surface area contributed by atoms with Crippen molar-refractivity contribution in [3.05, 3.63) is 71.0 Å². The lowest BCUT2D eigenvalue weighted by atomic mass is 10.0. The van der Waals surface area contributed by atoms with Gasteiger partial charge in [0.05, 0.1) is 18.2 Å². The minimum atomic E-state index is 0.990. The fraction of sp³-hybridized carbons (Fsp3) is 0.200. The summed E-state index contributed by atoms with van der Waals surface area (Å²) < 4.78 is 2.26. The van der Waals surface area contributed by atoms with Crippen LogP contribution in [0.3, 0.4) is 0 Å². The smallest absolute Gasteiger partial charge is 0.229 e. The molecule has 0 radical (unpaired) electrons. The second-order valence-electron chi connectivity index (χ2n) is 6.10. The van der Waals surface area contributed by atoms with Gasteiger partial charge in [0.15, 0.2) is 6.20 Å². The number of fused-ring (bicyclic) bond motifs is 3. The third-order valence-electron chi connectivity index (χ3n) is 4.72. The first-order chi connectivity index (χ1) is 10.7. The van der Waals surface area contributed by atoms with Crippen LogP contribution in [0.15, 0.2) is 48.7 Å². The molecule has 1 heterocycles. The maximum atomic E-state index is 4.78. The summed E-state index contributed by atoms with van der Waals surface area (Å²) in [5.74, 6) is 1.04. The third-order valence-corrected chi connectivity index (χ3v) is 4.72. The van der Waals surface area contributed by atoms with Crippen molar-refractivity contribution < 1.29 is 4.57 Å². The number of aromatic nitrogens is 2. The Bertz CT molecular complexity index is 894. The summed E-state index contributed by atoms with van der Waals surface area (Å²) in [6.07, 6.45) is 3.04. The second kappa shape index (κ2) is 4.77. The second-order valence-corrected chi connectivity index (χ2v) is 6.10. The topological polar surface area (TPSA) is 16.8 Å². The number of benzene rings is 2. The first kappa shape index (κ1) is 13.2. The summed E-state index contributed by atoms with van der Waals surface area (Å²) >= 11 is 0. The molecule has 0 atom stereocenters. The summed E-state index contributed by atoms with van der Waals surface area (Å²) in [6, 6.07) is 15.0. The van der Waals surface area contributed by atoms with Gasteiger partial charge in [-0.1, -0.05) is 36.4 Å². The van der Waals surface area contributed by atoms with Crippen molar-refractivity contribution in [2.45, 2.75) is 20.3 Å². The zero-order chi connectivity index (χ0) is 15.3. The maximum Gasteiger partial charge on any atom is 0.330 e. The highest BCUT2D eigenvalue weighted by molar-refractivity contribution is 5.77. The monoisotopic (exact) mass is 287 g/mol. The van der Waals surface area contributed by atoms with E-state index in [-0.39, 0.29) is 0 Å². The number of aryl methyl sites for hydroxylation is 2. The lowest BCUT2D eigenvalue weighted by molar-refractivity contribution is -0.669. The summed E-state index contributed by atoms with van der Waals surface area (Å²) in [7, 11) is 2.13. The highest BCUT2D eigenvalue weighted by Crippen LogP contribution is 2.37. The van der Waals surface area contributed by atoms with Gasteiger partial charge in [0.1, 0.15) is 5.69 Å². The van der Waals surface area contributed by atoms with E-state index in [1.807, 2.05) is 0 Å². The number of nitrogens with zero attached hydrogens (tertiary/aromatic N) is 2. The summed E-state index contributed by atoms with van der Waals surface area (Å²) in [5, 5.41) is 0. The highest BCUT2D eigenvalue weighted by atomic mass is 15.0. The molecule has 0 spiro atoms.